The van der Waals surface area contributed by atoms with Crippen LogP contribution in [0.25, 0.3) is 0 Å². The van der Waals surface area contributed by atoms with E-state index in [0.717, 1.165) is 44.2 Å². The van der Waals surface area contributed by atoms with Gasteiger partial charge in [-0.05, 0) is 31.4 Å². The van der Waals surface area contributed by atoms with E-state index in [-0.39, 0.29) is 11.9 Å². The second kappa shape index (κ2) is 8.21. The van der Waals surface area contributed by atoms with E-state index in [0.29, 0.717) is 4.88 Å². The molecule has 0 spiro atoms. The lowest BCUT2D eigenvalue weighted by Gasteiger charge is -2.32. The number of amides is 1. The van der Waals surface area contributed by atoms with Gasteiger partial charge in [0, 0.05) is 44.6 Å². The summed E-state index contributed by atoms with van der Waals surface area (Å²) in [7, 11) is 0. The van der Waals surface area contributed by atoms with Gasteiger partial charge < -0.3 is 10.6 Å². The third-order valence-corrected chi connectivity index (χ3v) is 5.06. The van der Waals surface area contributed by atoms with Crippen molar-refractivity contribution in [3.8, 4) is 0 Å². The van der Waals surface area contributed by atoms with Gasteiger partial charge in [0.15, 0.2) is 5.13 Å². The highest BCUT2D eigenvalue weighted by molar-refractivity contribution is 7.17. The van der Waals surface area contributed by atoms with Crippen LogP contribution in [0.15, 0.2) is 30.7 Å². The number of nitrogens with one attached hydrogen (secondary N) is 2. The van der Waals surface area contributed by atoms with Crippen LogP contribution < -0.4 is 10.6 Å². The number of rotatable bonds is 6. The van der Waals surface area contributed by atoms with E-state index in [9.17, 15) is 4.79 Å². The SMILES string of the molecule is CCNc1ncc(C(=O)NC2CCN(Cc3cccnc3)CC2)s1. The van der Waals surface area contributed by atoms with Gasteiger partial charge in [0.1, 0.15) is 4.88 Å². The number of likely N-dealkylation sites (tertiary alicyclic amines) is 1. The molecular weight excluding hydrogens is 322 g/mol. The van der Waals surface area contributed by atoms with Crippen LogP contribution in [0.4, 0.5) is 5.13 Å². The van der Waals surface area contributed by atoms with E-state index in [1.165, 1.54) is 16.9 Å². The summed E-state index contributed by atoms with van der Waals surface area (Å²) in [4.78, 5) is 23.8. The smallest absolute Gasteiger partial charge is 0.263 e. The Kier molecular flexibility index (Phi) is 5.77. The summed E-state index contributed by atoms with van der Waals surface area (Å²) in [5.74, 6) is -0.0117. The van der Waals surface area contributed by atoms with Crippen LogP contribution in [0.1, 0.15) is 35.0 Å². The lowest BCUT2D eigenvalue weighted by molar-refractivity contribution is 0.0913. The van der Waals surface area contributed by atoms with Crippen molar-refractivity contribution < 1.29 is 4.79 Å². The summed E-state index contributed by atoms with van der Waals surface area (Å²) in [6, 6.07) is 4.32. The first-order chi connectivity index (χ1) is 11.7. The Balaban J connectivity index is 1.45. The molecule has 1 aliphatic rings. The maximum Gasteiger partial charge on any atom is 0.263 e. The fourth-order valence-electron chi connectivity index (χ4n) is 2.85. The van der Waals surface area contributed by atoms with Crippen LogP contribution in [0, 0.1) is 0 Å². The first-order valence-corrected chi connectivity index (χ1v) is 9.18. The number of nitrogens with zero attached hydrogens (tertiary/aromatic N) is 3. The third kappa shape index (κ3) is 4.52. The molecule has 2 aromatic heterocycles. The Hall–Kier alpha value is -1.99. The van der Waals surface area contributed by atoms with Crippen molar-refractivity contribution in [2.75, 3.05) is 25.0 Å². The summed E-state index contributed by atoms with van der Waals surface area (Å²) in [6.45, 7) is 5.73. The topological polar surface area (TPSA) is 70.2 Å². The molecule has 0 saturated carbocycles. The van der Waals surface area contributed by atoms with Gasteiger partial charge in [0.25, 0.3) is 5.91 Å². The number of hydrogen-bond donors (Lipinski definition) is 2. The zero-order valence-electron chi connectivity index (χ0n) is 13.9. The van der Waals surface area contributed by atoms with E-state index in [1.54, 1.807) is 12.4 Å². The summed E-state index contributed by atoms with van der Waals surface area (Å²) in [5, 5.41) is 7.07. The van der Waals surface area contributed by atoms with Crippen LogP contribution >= 0.6 is 11.3 Å². The maximum absolute atomic E-state index is 12.3. The molecule has 1 amide bonds. The monoisotopic (exact) mass is 345 g/mol. The molecular formula is C17H23N5OS. The minimum atomic E-state index is -0.0117. The molecule has 0 bridgehead atoms. The second-order valence-electron chi connectivity index (χ2n) is 5.95. The van der Waals surface area contributed by atoms with E-state index in [1.807, 2.05) is 19.2 Å². The Morgan fingerprint density at radius 3 is 2.92 bits per heavy atom. The van der Waals surface area contributed by atoms with E-state index in [2.05, 4.69) is 31.6 Å². The van der Waals surface area contributed by atoms with Crippen molar-refractivity contribution in [2.24, 2.45) is 0 Å². The van der Waals surface area contributed by atoms with Gasteiger partial charge in [-0.3, -0.25) is 14.7 Å². The minimum absolute atomic E-state index is 0.0117. The van der Waals surface area contributed by atoms with Gasteiger partial charge in [0.2, 0.25) is 0 Å². The standard InChI is InChI=1S/C17H23N5OS/c1-2-19-17-20-11-15(24-17)16(23)21-14-5-8-22(9-6-14)12-13-4-3-7-18-10-13/h3-4,7,10-11,14H,2,5-6,8-9,12H2,1H3,(H,19,20)(H,21,23). The highest BCUT2D eigenvalue weighted by Crippen LogP contribution is 2.19. The average Bonchev–Trinajstić information content (AvgIpc) is 3.07. The van der Waals surface area contributed by atoms with Crippen molar-refractivity contribution in [1.82, 2.24) is 20.2 Å². The number of pyridine rings is 1. The molecule has 3 rings (SSSR count). The van der Waals surface area contributed by atoms with E-state index in [4.69, 9.17) is 0 Å². The number of anilines is 1. The van der Waals surface area contributed by atoms with Gasteiger partial charge in [0.05, 0.1) is 6.20 Å². The van der Waals surface area contributed by atoms with Gasteiger partial charge in [-0.15, -0.1) is 0 Å². The lowest BCUT2D eigenvalue weighted by Crippen LogP contribution is -2.44. The molecule has 7 heteroatoms. The zero-order chi connectivity index (χ0) is 16.8. The normalized spacial score (nSPS) is 16.0. The van der Waals surface area contributed by atoms with Crippen LogP contribution in [0.3, 0.4) is 0 Å². The number of carbonyl (C=O) groups excluding carboxylic acids is 1. The first-order valence-electron chi connectivity index (χ1n) is 8.36. The third-order valence-electron chi connectivity index (χ3n) is 4.11. The minimum Gasteiger partial charge on any atom is -0.362 e. The molecule has 6 nitrogen and oxygen atoms in total. The van der Waals surface area contributed by atoms with Crippen LogP contribution in [0.5, 0.6) is 0 Å². The average molecular weight is 345 g/mol. The number of aromatic nitrogens is 2. The van der Waals surface area contributed by atoms with E-state index < -0.39 is 0 Å². The van der Waals surface area contributed by atoms with Crippen LogP contribution in [-0.4, -0.2) is 46.5 Å². The quantitative estimate of drug-likeness (QED) is 0.841. The Morgan fingerprint density at radius 1 is 1.38 bits per heavy atom. The molecule has 0 unspecified atom stereocenters. The van der Waals surface area contributed by atoms with Crippen LogP contribution in [0.2, 0.25) is 0 Å². The van der Waals surface area contributed by atoms with Crippen molar-refractivity contribution >= 4 is 22.4 Å². The van der Waals surface area contributed by atoms with Crippen molar-refractivity contribution in [3.05, 3.63) is 41.2 Å². The largest absolute Gasteiger partial charge is 0.362 e. The molecule has 0 radical (unpaired) electrons. The molecule has 1 saturated heterocycles. The summed E-state index contributed by atoms with van der Waals surface area (Å²) in [5.41, 5.74) is 1.24. The molecule has 2 N–H and O–H groups in total. The van der Waals surface area contributed by atoms with Crippen LogP contribution in [-0.2, 0) is 6.54 Å². The highest BCUT2D eigenvalue weighted by atomic mass is 32.1. The summed E-state index contributed by atoms with van der Waals surface area (Å²) < 4.78 is 0. The fraction of sp³-hybridized carbons (Fsp3) is 0.471. The number of hydrogen-bond acceptors (Lipinski definition) is 6. The van der Waals surface area contributed by atoms with Gasteiger partial charge in [-0.25, -0.2) is 4.98 Å². The van der Waals surface area contributed by atoms with E-state index >= 15 is 0 Å². The Morgan fingerprint density at radius 2 is 2.21 bits per heavy atom. The molecule has 0 atom stereocenters. The molecule has 1 fully saturated rings. The van der Waals surface area contributed by atoms with Gasteiger partial charge in [-0.2, -0.15) is 0 Å². The number of piperidine rings is 1. The summed E-state index contributed by atoms with van der Waals surface area (Å²) in [6.07, 6.45) is 7.32. The molecule has 128 valence electrons. The Bertz CT molecular complexity index is 652. The number of thiazole rings is 1. The van der Waals surface area contributed by atoms with Crippen molar-refractivity contribution in [3.63, 3.8) is 0 Å². The fourth-order valence-corrected chi connectivity index (χ4v) is 3.64. The van der Waals surface area contributed by atoms with Crippen molar-refractivity contribution in [1.29, 1.82) is 0 Å². The van der Waals surface area contributed by atoms with Gasteiger partial charge in [-0.1, -0.05) is 17.4 Å². The molecule has 24 heavy (non-hydrogen) atoms. The molecule has 0 aromatic carbocycles. The summed E-state index contributed by atoms with van der Waals surface area (Å²) >= 11 is 1.40. The van der Waals surface area contributed by atoms with Crippen molar-refractivity contribution in [2.45, 2.75) is 32.4 Å². The second-order valence-corrected chi connectivity index (χ2v) is 6.98. The molecule has 2 aromatic rings. The molecule has 1 aliphatic heterocycles. The first kappa shape index (κ1) is 16.9. The predicted octanol–water partition coefficient (Wildman–Crippen LogP) is 2.36. The number of carbonyl (C=O) groups is 1. The lowest BCUT2D eigenvalue weighted by atomic mass is 10.0. The van der Waals surface area contributed by atoms with Gasteiger partial charge >= 0.3 is 0 Å². The molecule has 3 heterocycles. The molecule has 0 aliphatic carbocycles. The predicted molar refractivity (Wildman–Crippen MR) is 96.3 cm³/mol. The maximum atomic E-state index is 12.3. The highest BCUT2D eigenvalue weighted by Gasteiger charge is 2.22. The zero-order valence-corrected chi connectivity index (χ0v) is 14.7. The Labute approximate surface area is 146 Å².